The maximum Gasteiger partial charge on any atom is 0.338 e. The molecule has 0 spiro atoms. The number of methoxy groups -OCH3 is 1. The summed E-state index contributed by atoms with van der Waals surface area (Å²) in [6, 6.07) is 7.99. The first-order chi connectivity index (χ1) is 20.4. The Morgan fingerprint density at radius 1 is 1.05 bits per heavy atom. The molecular formula is C33H46O11. The Morgan fingerprint density at radius 3 is 2.23 bits per heavy atom. The SMILES string of the molecule is COCC1(O)CCC(O)C2(C)C(=O)C(O)C3=C(C)C(OC(=O)C(O)C(C)C)CC(O)(C(OC(=O)c4ccccc4)C12)C3(C)C. The number of benzene rings is 1. The van der Waals surface area contributed by atoms with Crippen molar-refractivity contribution in [1.82, 2.24) is 0 Å². The minimum atomic E-state index is -2.19. The summed E-state index contributed by atoms with van der Waals surface area (Å²) in [5.74, 6) is -4.62. The molecular weight excluding hydrogens is 572 g/mol. The van der Waals surface area contributed by atoms with Gasteiger partial charge >= 0.3 is 11.9 Å². The number of hydrogen-bond acceptors (Lipinski definition) is 11. The average Bonchev–Trinajstić information content (AvgIpc) is 2.96. The lowest BCUT2D eigenvalue weighted by Crippen LogP contribution is -2.75. The van der Waals surface area contributed by atoms with Crippen molar-refractivity contribution >= 4 is 17.7 Å². The molecule has 4 rings (SSSR count). The Bertz CT molecular complexity index is 1310. The molecule has 0 heterocycles. The van der Waals surface area contributed by atoms with Gasteiger partial charge < -0.3 is 39.7 Å². The summed E-state index contributed by atoms with van der Waals surface area (Å²) in [6.45, 7) is 9.07. The lowest BCUT2D eigenvalue weighted by molar-refractivity contribution is -0.264. The molecule has 3 aliphatic rings. The molecule has 9 unspecified atom stereocenters. The summed E-state index contributed by atoms with van der Waals surface area (Å²) in [7, 11) is 1.35. The van der Waals surface area contributed by atoms with E-state index in [-0.39, 0.29) is 42.6 Å². The summed E-state index contributed by atoms with van der Waals surface area (Å²) in [6.07, 6.45) is -8.13. The summed E-state index contributed by atoms with van der Waals surface area (Å²) in [5, 5.41) is 58.8. The molecule has 0 radical (unpaired) electrons. The lowest BCUT2D eigenvalue weighted by Gasteiger charge is -2.63. The van der Waals surface area contributed by atoms with Gasteiger partial charge in [0.2, 0.25) is 0 Å². The predicted molar refractivity (Wildman–Crippen MR) is 157 cm³/mol. The first-order valence-electron chi connectivity index (χ1n) is 15.1. The number of fused-ring (bicyclic) bond motifs is 3. The van der Waals surface area contributed by atoms with Gasteiger partial charge in [0.15, 0.2) is 11.9 Å². The van der Waals surface area contributed by atoms with Gasteiger partial charge in [-0.2, -0.15) is 0 Å². The largest absolute Gasteiger partial charge is 0.456 e. The first kappa shape index (κ1) is 34.2. The van der Waals surface area contributed by atoms with Gasteiger partial charge in [0.1, 0.15) is 23.9 Å². The molecule has 9 atom stereocenters. The zero-order chi connectivity index (χ0) is 33.0. The highest BCUT2D eigenvalue weighted by molar-refractivity contribution is 5.94. The summed E-state index contributed by atoms with van der Waals surface area (Å²) >= 11 is 0. The minimum Gasteiger partial charge on any atom is -0.456 e. The van der Waals surface area contributed by atoms with Crippen LogP contribution in [0.5, 0.6) is 0 Å². The highest BCUT2D eigenvalue weighted by atomic mass is 16.6. The van der Waals surface area contributed by atoms with Crippen LogP contribution >= 0.6 is 0 Å². The molecule has 1 aromatic rings. The number of ether oxygens (including phenoxy) is 3. The van der Waals surface area contributed by atoms with E-state index in [0.717, 1.165) is 0 Å². The van der Waals surface area contributed by atoms with Crippen LogP contribution < -0.4 is 0 Å². The molecule has 2 bridgehead atoms. The van der Waals surface area contributed by atoms with Crippen molar-refractivity contribution in [3.63, 3.8) is 0 Å². The molecule has 0 aromatic heterocycles. The second-order valence-electron chi connectivity index (χ2n) is 13.8. The predicted octanol–water partition coefficient (Wildman–Crippen LogP) is 1.72. The van der Waals surface area contributed by atoms with Crippen LogP contribution in [0.1, 0.15) is 71.2 Å². The molecule has 11 nitrogen and oxygen atoms in total. The highest BCUT2D eigenvalue weighted by Gasteiger charge is 2.72. The van der Waals surface area contributed by atoms with E-state index in [1.54, 1.807) is 52.8 Å². The number of Topliss-reactive ketones (excluding diaryl/α,β-unsaturated/α-hetero) is 1. The number of esters is 2. The van der Waals surface area contributed by atoms with E-state index in [0.29, 0.717) is 0 Å². The Hall–Kier alpha value is -2.67. The second kappa shape index (κ2) is 11.9. The van der Waals surface area contributed by atoms with Gasteiger partial charge in [-0.3, -0.25) is 4.79 Å². The normalized spacial score (nSPS) is 37.5. The number of aliphatic hydroxyl groups is 5. The van der Waals surface area contributed by atoms with Crippen molar-refractivity contribution in [1.29, 1.82) is 0 Å². The van der Waals surface area contributed by atoms with Crippen LogP contribution in [0.3, 0.4) is 0 Å². The molecule has 3 aliphatic carbocycles. The minimum absolute atomic E-state index is 0.0299. The van der Waals surface area contributed by atoms with Gasteiger partial charge in [0, 0.05) is 24.9 Å². The van der Waals surface area contributed by atoms with E-state index in [1.807, 2.05) is 0 Å². The molecule has 0 saturated heterocycles. The van der Waals surface area contributed by atoms with Gasteiger partial charge in [0.05, 0.1) is 29.3 Å². The molecule has 0 amide bonds. The van der Waals surface area contributed by atoms with Crippen molar-refractivity contribution < 1.29 is 54.1 Å². The van der Waals surface area contributed by atoms with E-state index < -0.39 is 82.1 Å². The second-order valence-corrected chi connectivity index (χ2v) is 13.8. The van der Waals surface area contributed by atoms with E-state index in [1.165, 1.54) is 26.2 Å². The van der Waals surface area contributed by atoms with Crippen molar-refractivity contribution in [2.75, 3.05) is 13.7 Å². The van der Waals surface area contributed by atoms with Crippen LogP contribution in [-0.2, 0) is 23.8 Å². The van der Waals surface area contributed by atoms with Crippen LogP contribution in [0.4, 0.5) is 0 Å². The molecule has 2 saturated carbocycles. The third-order valence-corrected chi connectivity index (χ3v) is 10.5. The molecule has 11 heteroatoms. The Kier molecular flexibility index (Phi) is 9.27. The van der Waals surface area contributed by atoms with Crippen LogP contribution in [0, 0.1) is 22.7 Å². The van der Waals surface area contributed by atoms with Crippen LogP contribution in [-0.4, -0.2) is 98.7 Å². The van der Waals surface area contributed by atoms with Crippen LogP contribution in [0.25, 0.3) is 0 Å². The smallest absolute Gasteiger partial charge is 0.338 e. The van der Waals surface area contributed by atoms with Crippen molar-refractivity contribution in [3.8, 4) is 0 Å². The Morgan fingerprint density at radius 2 is 1.66 bits per heavy atom. The fourth-order valence-electron chi connectivity index (χ4n) is 7.79. The summed E-state index contributed by atoms with van der Waals surface area (Å²) < 4.78 is 17.3. The summed E-state index contributed by atoms with van der Waals surface area (Å²) in [5.41, 5.74) is -7.03. The third kappa shape index (κ3) is 5.21. The zero-order valence-electron chi connectivity index (χ0n) is 26.4. The van der Waals surface area contributed by atoms with Gasteiger partial charge in [0.25, 0.3) is 0 Å². The maximum absolute atomic E-state index is 14.5. The fraction of sp³-hybridized carbons (Fsp3) is 0.667. The Balaban J connectivity index is 2.02. The van der Waals surface area contributed by atoms with E-state index in [2.05, 4.69) is 0 Å². The number of ketones is 1. The number of rotatable bonds is 7. The monoisotopic (exact) mass is 618 g/mol. The first-order valence-corrected chi connectivity index (χ1v) is 15.1. The number of carbonyl (C=O) groups is 3. The topological polar surface area (TPSA) is 180 Å². The highest BCUT2D eigenvalue weighted by Crippen LogP contribution is 2.61. The third-order valence-electron chi connectivity index (χ3n) is 10.5. The van der Waals surface area contributed by atoms with Crippen LogP contribution in [0.15, 0.2) is 41.5 Å². The fourth-order valence-corrected chi connectivity index (χ4v) is 7.79. The van der Waals surface area contributed by atoms with Crippen molar-refractivity contribution in [2.45, 2.75) is 103 Å². The van der Waals surface area contributed by atoms with E-state index >= 15 is 0 Å². The molecule has 0 aliphatic heterocycles. The van der Waals surface area contributed by atoms with Gasteiger partial charge in [-0.25, -0.2) is 9.59 Å². The molecule has 5 N–H and O–H groups in total. The Labute approximate surface area is 257 Å². The summed E-state index contributed by atoms with van der Waals surface area (Å²) in [4.78, 5) is 41.1. The van der Waals surface area contributed by atoms with E-state index in [9.17, 15) is 39.9 Å². The van der Waals surface area contributed by atoms with Crippen molar-refractivity contribution in [3.05, 3.63) is 47.0 Å². The van der Waals surface area contributed by atoms with Crippen molar-refractivity contribution in [2.24, 2.45) is 22.7 Å². The zero-order valence-corrected chi connectivity index (χ0v) is 26.4. The van der Waals surface area contributed by atoms with Gasteiger partial charge in [-0.15, -0.1) is 0 Å². The van der Waals surface area contributed by atoms with E-state index in [4.69, 9.17) is 14.2 Å². The number of hydrogen-bond donors (Lipinski definition) is 5. The standard InChI is InChI=1S/C33H46O11/c1-17(2)23(35)29(39)43-20-15-33(41)27(44-28(38)19-11-9-8-10-12-19)25-31(6,21(34)13-14-32(25,40)16-42-7)26(37)24(36)22(18(20)3)30(33,4)5/h8-12,17,20-21,23-25,27,34-36,40-41H,13-16H2,1-7H3. The van der Waals surface area contributed by atoms with Crippen LogP contribution in [0.2, 0.25) is 0 Å². The molecule has 1 aromatic carbocycles. The number of carbonyl (C=O) groups excluding carboxylic acids is 3. The quantitative estimate of drug-likeness (QED) is 0.222. The average molecular weight is 619 g/mol. The van der Waals surface area contributed by atoms with Gasteiger partial charge in [-0.05, 0) is 55.9 Å². The van der Waals surface area contributed by atoms with Gasteiger partial charge in [-0.1, -0.05) is 45.9 Å². The molecule has 2 fully saturated rings. The molecule has 244 valence electrons. The maximum atomic E-state index is 14.5. The number of aliphatic hydroxyl groups excluding tert-OH is 3. The lowest BCUT2D eigenvalue weighted by atomic mass is 9.46. The molecule has 44 heavy (non-hydrogen) atoms.